The van der Waals surface area contributed by atoms with E-state index in [2.05, 4.69) is 11.8 Å². The van der Waals surface area contributed by atoms with Gasteiger partial charge in [-0.25, -0.2) is 4.39 Å². The Hall–Kier alpha value is -1.37. The molecule has 2 nitrogen and oxygen atoms in total. The van der Waals surface area contributed by atoms with Gasteiger partial charge in [0.1, 0.15) is 12.4 Å². The van der Waals surface area contributed by atoms with E-state index in [4.69, 9.17) is 9.84 Å². The lowest BCUT2D eigenvalue weighted by molar-refractivity contribution is 0.111. The maximum absolute atomic E-state index is 13.1. The highest BCUT2D eigenvalue weighted by Gasteiger charge is 2.21. The fourth-order valence-corrected chi connectivity index (χ4v) is 1.55. The van der Waals surface area contributed by atoms with Gasteiger partial charge in [0.15, 0.2) is 0 Å². The second-order valence-electron chi connectivity index (χ2n) is 4.22. The fraction of sp³-hybridized carbons (Fsp3) is 0.429. The molecule has 0 aliphatic heterocycles. The predicted molar refractivity (Wildman–Crippen MR) is 62.7 cm³/mol. The molecule has 0 radical (unpaired) electrons. The van der Waals surface area contributed by atoms with Crippen LogP contribution in [0.1, 0.15) is 24.0 Å². The molecule has 0 spiro atoms. The van der Waals surface area contributed by atoms with Crippen molar-refractivity contribution in [3.63, 3.8) is 0 Å². The van der Waals surface area contributed by atoms with Crippen LogP contribution in [0.15, 0.2) is 18.2 Å². The topological polar surface area (TPSA) is 29.5 Å². The lowest BCUT2D eigenvalue weighted by Gasteiger charge is -2.06. The van der Waals surface area contributed by atoms with Gasteiger partial charge in [-0.1, -0.05) is 17.9 Å². The smallest absolute Gasteiger partial charge is 0.124 e. The Kier molecular flexibility index (Phi) is 4.13. The number of benzene rings is 1. The third-order valence-corrected chi connectivity index (χ3v) is 2.68. The fourth-order valence-electron chi connectivity index (χ4n) is 1.55. The largest absolute Gasteiger partial charge is 0.384 e. The van der Waals surface area contributed by atoms with Gasteiger partial charge in [-0.3, -0.25) is 0 Å². The molecule has 3 heteroatoms. The van der Waals surface area contributed by atoms with Crippen LogP contribution in [0.2, 0.25) is 0 Å². The van der Waals surface area contributed by atoms with Gasteiger partial charge in [-0.15, -0.1) is 0 Å². The van der Waals surface area contributed by atoms with Crippen molar-refractivity contribution in [2.45, 2.75) is 19.4 Å². The SMILES string of the molecule is OCC#Cc1cc(F)ccc1COCC1CC1. The number of rotatable bonds is 4. The van der Waals surface area contributed by atoms with E-state index in [9.17, 15) is 4.39 Å². The normalized spacial score (nSPS) is 14.2. The average Bonchev–Trinajstić information content (AvgIpc) is 3.13. The van der Waals surface area contributed by atoms with Crippen LogP contribution in [0.25, 0.3) is 0 Å². The molecule has 0 saturated heterocycles. The number of ether oxygens (including phenoxy) is 1. The van der Waals surface area contributed by atoms with Crippen molar-refractivity contribution in [2.75, 3.05) is 13.2 Å². The zero-order valence-electron chi connectivity index (χ0n) is 9.58. The Morgan fingerprint density at radius 1 is 1.41 bits per heavy atom. The van der Waals surface area contributed by atoms with E-state index in [1.807, 2.05) is 0 Å². The van der Waals surface area contributed by atoms with Gasteiger partial charge in [0, 0.05) is 12.2 Å². The number of aliphatic hydroxyl groups is 1. The highest BCUT2D eigenvalue weighted by atomic mass is 19.1. The predicted octanol–water partition coefficient (Wildman–Crippen LogP) is 2.10. The molecule has 1 aliphatic carbocycles. The van der Waals surface area contributed by atoms with Gasteiger partial charge in [0.2, 0.25) is 0 Å². The van der Waals surface area contributed by atoms with E-state index >= 15 is 0 Å². The molecule has 0 unspecified atom stereocenters. The van der Waals surface area contributed by atoms with Crippen molar-refractivity contribution in [1.29, 1.82) is 0 Å². The van der Waals surface area contributed by atoms with Crippen molar-refractivity contribution in [3.8, 4) is 11.8 Å². The first kappa shape index (κ1) is 12.1. The molecule has 90 valence electrons. The molecular weight excluding hydrogens is 219 g/mol. The summed E-state index contributed by atoms with van der Waals surface area (Å²) >= 11 is 0. The first-order valence-corrected chi connectivity index (χ1v) is 5.75. The quantitative estimate of drug-likeness (QED) is 0.808. The summed E-state index contributed by atoms with van der Waals surface area (Å²) in [4.78, 5) is 0. The van der Waals surface area contributed by atoms with Crippen LogP contribution >= 0.6 is 0 Å². The molecule has 0 bridgehead atoms. The molecular formula is C14H15FO2. The Morgan fingerprint density at radius 3 is 2.94 bits per heavy atom. The summed E-state index contributed by atoms with van der Waals surface area (Å²) in [6.45, 7) is 0.995. The number of halogens is 1. The molecule has 0 amide bonds. The van der Waals surface area contributed by atoms with Crippen LogP contribution in [-0.4, -0.2) is 18.3 Å². The van der Waals surface area contributed by atoms with E-state index < -0.39 is 0 Å². The molecule has 0 heterocycles. The van der Waals surface area contributed by atoms with Crippen LogP contribution in [0.4, 0.5) is 4.39 Å². The van der Waals surface area contributed by atoms with Crippen LogP contribution in [0.3, 0.4) is 0 Å². The third-order valence-electron chi connectivity index (χ3n) is 2.68. The lowest BCUT2D eigenvalue weighted by Crippen LogP contribution is -1.99. The first-order valence-electron chi connectivity index (χ1n) is 5.75. The molecule has 2 rings (SSSR count). The molecule has 1 N–H and O–H groups in total. The van der Waals surface area contributed by atoms with Gasteiger partial charge < -0.3 is 9.84 Å². The minimum atomic E-state index is -0.321. The van der Waals surface area contributed by atoms with Crippen molar-refractivity contribution in [2.24, 2.45) is 5.92 Å². The summed E-state index contributed by atoms with van der Waals surface area (Å²) in [6, 6.07) is 4.46. The van der Waals surface area contributed by atoms with E-state index in [-0.39, 0.29) is 12.4 Å². The second-order valence-corrected chi connectivity index (χ2v) is 4.22. The summed E-state index contributed by atoms with van der Waals surface area (Å²) in [6.07, 6.45) is 2.50. The zero-order valence-corrected chi connectivity index (χ0v) is 9.58. The van der Waals surface area contributed by atoms with E-state index in [0.29, 0.717) is 18.1 Å². The maximum Gasteiger partial charge on any atom is 0.124 e. The van der Waals surface area contributed by atoms with Crippen molar-refractivity contribution < 1.29 is 14.2 Å². The van der Waals surface area contributed by atoms with Crippen molar-refractivity contribution in [3.05, 3.63) is 35.1 Å². The summed E-state index contributed by atoms with van der Waals surface area (Å²) < 4.78 is 18.6. The first-order chi connectivity index (χ1) is 8.29. The highest BCUT2D eigenvalue weighted by Crippen LogP contribution is 2.29. The average molecular weight is 234 g/mol. The number of hydrogen-bond acceptors (Lipinski definition) is 2. The minimum absolute atomic E-state index is 0.223. The summed E-state index contributed by atoms with van der Waals surface area (Å²) in [5, 5.41) is 8.65. The molecule has 0 aromatic heterocycles. The van der Waals surface area contributed by atoms with Crippen LogP contribution < -0.4 is 0 Å². The molecule has 1 aliphatic rings. The molecule has 1 fully saturated rings. The monoisotopic (exact) mass is 234 g/mol. The van der Waals surface area contributed by atoms with E-state index in [1.165, 1.54) is 25.0 Å². The summed E-state index contributed by atoms with van der Waals surface area (Å²) in [5.74, 6) is 5.65. The molecule has 1 aromatic rings. The zero-order chi connectivity index (χ0) is 12.1. The Balaban J connectivity index is 2.02. The van der Waals surface area contributed by atoms with Crippen LogP contribution in [0.5, 0.6) is 0 Å². The van der Waals surface area contributed by atoms with Crippen LogP contribution in [0, 0.1) is 23.6 Å². The maximum atomic E-state index is 13.1. The molecule has 1 saturated carbocycles. The number of hydrogen-bond donors (Lipinski definition) is 1. The van der Waals surface area contributed by atoms with Crippen LogP contribution in [-0.2, 0) is 11.3 Å². The molecule has 17 heavy (non-hydrogen) atoms. The third kappa shape index (κ3) is 3.85. The second kappa shape index (κ2) is 5.81. The molecule has 0 atom stereocenters. The van der Waals surface area contributed by atoms with E-state index in [1.54, 1.807) is 6.07 Å². The standard InChI is InChI=1S/C14H15FO2/c15-14-6-5-13(10-17-9-11-3-4-11)12(8-14)2-1-7-16/h5-6,8,11,16H,3-4,7,9-10H2. The van der Waals surface area contributed by atoms with Gasteiger partial charge in [-0.05, 0) is 36.5 Å². The van der Waals surface area contributed by atoms with Gasteiger partial charge in [-0.2, -0.15) is 0 Å². The van der Waals surface area contributed by atoms with Crippen molar-refractivity contribution >= 4 is 0 Å². The lowest BCUT2D eigenvalue weighted by atomic mass is 10.1. The highest BCUT2D eigenvalue weighted by molar-refractivity contribution is 5.41. The summed E-state index contributed by atoms with van der Waals surface area (Å²) in [7, 11) is 0. The van der Waals surface area contributed by atoms with Gasteiger partial charge in [0.05, 0.1) is 6.61 Å². The van der Waals surface area contributed by atoms with Crippen molar-refractivity contribution in [1.82, 2.24) is 0 Å². The Bertz CT molecular complexity index is 441. The number of aliphatic hydroxyl groups excluding tert-OH is 1. The summed E-state index contributed by atoms with van der Waals surface area (Å²) in [5.41, 5.74) is 1.46. The Morgan fingerprint density at radius 2 is 2.24 bits per heavy atom. The Labute approximate surface area is 100 Å². The minimum Gasteiger partial charge on any atom is -0.384 e. The van der Waals surface area contributed by atoms with Gasteiger partial charge in [0.25, 0.3) is 0 Å². The molecule has 1 aromatic carbocycles. The van der Waals surface area contributed by atoms with Gasteiger partial charge >= 0.3 is 0 Å². The van der Waals surface area contributed by atoms with E-state index in [0.717, 1.165) is 12.2 Å².